The Labute approximate surface area is 105 Å². The van der Waals surface area contributed by atoms with Gasteiger partial charge in [0.1, 0.15) is 0 Å². The molecule has 0 aromatic heterocycles. The van der Waals surface area contributed by atoms with E-state index in [1.54, 1.807) is 0 Å². The average Bonchev–Trinajstić information content (AvgIpc) is 2.24. The standard InChI is InChI=1S/C14H26N2O/c1-10(2)12-5-3-4-6-13(12)16-14(17)7-11-8-15-9-11/h10-13,15H,3-9H2,1-2H3,(H,16,17). The number of carbonyl (C=O) groups is 1. The lowest BCUT2D eigenvalue weighted by atomic mass is 9.77. The highest BCUT2D eigenvalue weighted by atomic mass is 16.1. The Morgan fingerprint density at radius 3 is 2.59 bits per heavy atom. The molecule has 0 aromatic rings. The maximum atomic E-state index is 11.9. The summed E-state index contributed by atoms with van der Waals surface area (Å²) in [5, 5.41) is 6.50. The van der Waals surface area contributed by atoms with Gasteiger partial charge in [-0.15, -0.1) is 0 Å². The quantitative estimate of drug-likeness (QED) is 0.786. The monoisotopic (exact) mass is 238 g/mol. The summed E-state index contributed by atoms with van der Waals surface area (Å²) in [7, 11) is 0. The van der Waals surface area contributed by atoms with Gasteiger partial charge in [0.25, 0.3) is 0 Å². The summed E-state index contributed by atoms with van der Waals surface area (Å²) in [5.41, 5.74) is 0. The van der Waals surface area contributed by atoms with Crippen molar-refractivity contribution in [2.24, 2.45) is 17.8 Å². The van der Waals surface area contributed by atoms with Crippen LogP contribution in [-0.4, -0.2) is 25.0 Å². The number of rotatable bonds is 4. The number of nitrogens with one attached hydrogen (secondary N) is 2. The van der Waals surface area contributed by atoms with Crippen LogP contribution < -0.4 is 10.6 Å². The molecule has 0 bridgehead atoms. The second-order valence-corrected chi connectivity index (χ2v) is 6.09. The zero-order chi connectivity index (χ0) is 12.3. The van der Waals surface area contributed by atoms with Crippen molar-refractivity contribution in [2.75, 3.05) is 13.1 Å². The van der Waals surface area contributed by atoms with Gasteiger partial charge in [0.2, 0.25) is 5.91 Å². The predicted molar refractivity (Wildman–Crippen MR) is 69.7 cm³/mol. The summed E-state index contributed by atoms with van der Waals surface area (Å²) in [5.74, 6) is 2.23. The molecule has 1 saturated carbocycles. The molecule has 3 nitrogen and oxygen atoms in total. The van der Waals surface area contributed by atoms with E-state index in [0.717, 1.165) is 13.1 Å². The molecule has 1 aliphatic carbocycles. The fraction of sp³-hybridized carbons (Fsp3) is 0.929. The van der Waals surface area contributed by atoms with Crippen LogP contribution in [0, 0.1) is 17.8 Å². The van der Waals surface area contributed by atoms with E-state index in [1.807, 2.05) is 0 Å². The van der Waals surface area contributed by atoms with E-state index in [4.69, 9.17) is 0 Å². The third kappa shape index (κ3) is 3.44. The summed E-state index contributed by atoms with van der Waals surface area (Å²) in [6.45, 7) is 6.60. The minimum absolute atomic E-state index is 0.272. The van der Waals surface area contributed by atoms with Gasteiger partial charge in [0, 0.05) is 12.5 Å². The Hall–Kier alpha value is -0.570. The molecule has 0 spiro atoms. The topological polar surface area (TPSA) is 41.1 Å². The molecule has 2 atom stereocenters. The van der Waals surface area contributed by atoms with Crippen LogP contribution in [0.4, 0.5) is 0 Å². The first-order chi connectivity index (χ1) is 8.16. The van der Waals surface area contributed by atoms with Gasteiger partial charge in [-0.25, -0.2) is 0 Å². The molecular weight excluding hydrogens is 212 g/mol. The Morgan fingerprint density at radius 1 is 1.29 bits per heavy atom. The average molecular weight is 238 g/mol. The van der Waals surface area contributed by atoms with Crippen molar-refractivity contribution in [3.63, 3.8) is 0 Å². The lowest BCUT2D eigenvalue weighted by Gasteiger charge is -2.35. The smallest absolute Gasteiger partial charge is 0.220 e. The maximum absolute atomic E-state index is 11.9. The molecule has 3 heteroatoms. The summed E-state index contributed by atoms with van der Waals surface area (Å²) in [6, 6.07) is 0.435. The molecule has 0 aromatic carbocycles. The molecule has 1 heterocycles. The van der Waals surface area contributed by atoms with E-state index < -0.39 is 0 Å². The van der Waals surface area contributed by atoms with Crippen LogP contribution in [0.5, 0.6) is 0 Å². The summed E-state index contributed by atoms with van der Waals surface area (Å²) < 4.78 is 0. The van der Waals surface area contributed by atoms with Gasteiger partial charge < -0.3 is 10.6 Å². The second kappa shape index (κ2) is 5.85. The van der Waals surface area contributed by atoms with Crippen LogP contribution >= 0.6 is 0 Å². The van der Waals surface area contributed by atoms with Gasteiger partial charge in [-0.1, -0.05) is 26.7 Å². The van der Waals surface area contributed by atoms with Gasteiger partial charge in [0.15, 0.2) is 0 Å². The SMILES string of the molecule is CC(C)C1CCCCC1NC(=O)CC1CNC1. The van der Waals surface area contributed by atoms with Crippen LogP contribution in [0.15, 0.2) is 0 Å². The van der Waals surface area contributed by atoms with E-state index in [9.17, 15) is 4.79 Å². The molecule has 1 amide bonds. The van der Waals surface area contributed by atoms with E-state index >= 15 is 0 Å². The van der Waals surface area contributed by atoms with Gasteiger partial charge in [-0.05, 0) is 43.7 Å². The first-order valence-corrected chi connectivity index (χ1v) is 7.17. The molecule has 2 N–H and O–H groups in total. The van der Waals surface area contributed by atoms with Crippen LogP contribution in [0.2, 0.25) is 0 Å². The summed E-state index contributed by atoms with van der Waals surface area (Å²) >= 11 is 0. The molecule has 2 fully saturated rings. The highest BCUT2D eigenvalue weighted by molar-refractivity contribution is 5.76. The van der Waals surface area contributed by atoms with Crippen molar-refractivity contribution in [1.82, 2.24) is 10.6 Å². The van der Waals surface area contributed by atoms with Gasteiger partial charge in [-0.2, -0.15) is 0 Å². The molecule has 2 aliphatic rings. The predicted octanol–water partition coefficient (Wildman–Crippen LogP) is 1.93. The normalized spacial score (nSPS) is 30.1. The Morgan fingerprint density at radius 2 is 2.00 bits per heavy atom. The summed E-state index contributed by atoms with van der Waals surface area (Å²) in [6.07, 6.45) is 5.79. The number of carbonyl (C=O) groups excluding carboxylic acids is 1. The molecule has 17 heavy (non-hydrogen) atoms. The van der Waals surface area contributed by atoms with E-state index in [2.05, 4.69) is 24.5 Å². The first-order valence-electron chi connectivity index (χ1n) is 7.17. The van der Waals surface area contributed by atoms with Crippen molar-refractivity contribution in [1.29, 1.82) is 0 Å². The van der Waals surface area contributed by atoms with E-state index in [1.165, 1.54) is 25.7 Å². The number of hydrogen-bond acceptors (Lipinski definition) is 2. The maximum Gasteiger partial charge on any atom is 0.220 e. The van der Waals surface area contributed by atoms with E-state index in [0.29, 0.717) is 30.2 Å². The molecule has 1 saturated heterocycles. The lowest BCUT2D eigenvalue weighted by molar-refractivity contribution is -0.123. The molecule has 2 rings (SSSR count). The van der Waals surface area contributed by atoms with E-state index in [-0.39, 0.29) is 5.91 Å². The lowest BCUT2D eigenvalue weighted by Crippen LogP contribution is -2.48. The Bertz CT molecular complexity index is 261. The zero-order valence-corrected chi connectivity index (χ0v) is 11.2. The van der Waals surface area contributed by atoms with Crippen molar-refractivity contribution < 1.29 is 4.79 Å². The number of amides is 1. The highest BCUT2D eigenvalue weighted by Crippen LogP contribution is 2.30. The molecule has 98 valence electrons. The van der Waals surface area contributed by atoms with Crippen LogP contribution in [-0.2, 0) is 4.79 Å². The number of hydrogen-bond donors (Lipinski definition) is 2. The minimum Gasteiger partial charge on any atom is -0.353 e. The minimum atomic E-state index is 0.272. The van der Waals surface area contributed by atoms with Crippen molar-refractivity contribution in [3.8, 4) is 0 Å². The van der Waals surface area contributed by atoms with Gasteiger partial charge in [-0.3, -0.25) is 4.79 Å². The van der Waals surface area contributed by atoms with Crippen molar-refractivity contribution in [2.45, 2.75) is 52.0 Å². The summed E-state index contributed by atoms with van der Waals surface area (Å²) in [4.78, 5) is 11.9. The van der Waals surface area contributed by atoms with Crippen molar-refractivity contribution in [3.05, 3.63) is 0 Å². The third-order valence-corrected chi connectivity index (χ3v) is 4.36. The van der Waals surface area contributed by atoms with Gasteiger partial charge in [0.05, 0.1) is 0 Å². The molecule has 2 unspecified atom stereocenters. The first kappa shape index (κ1) is 12.9. The highest BCUT2D eigenvalue weighted by Gasteiger charge is 2.29. The molecule has 1 aliphatic heterocycles. The largest absolute Gasteiger partial charge is 0.353 e. The van der Waals surface area contributed by atoms with Crippen LogP contribution in [0.1, 0.15) is 46.0 Å². The third-order valence-electron chi connectivity index (χ3n) is 4.36. The fourth-order valence-corrected chi connectivity index (χ4v) is 3.16. The molecule has 0 radical (unpaired) electrons. The second-order valence-electron chi connectivity index (χ2n) is 6.09. The van der Waals surface area contributed by atoms with Crippen molar-refractivity contribution >= 4 is 5.91 Å². The fourth-order valence-electron chi connectivity index (χ4n) is 3.16. The Kier molecular flexibility index (Phi) is 4.43. The van der Waals surface area contributed by atoms with Crippen LogP contribution in [0.25, 0.3) is 0 Å². The Balaban J connectivity index is 1.80. The molecular formula is C14H26N2O. The zero-order valence-electron chi connectivity index (χ0n) is 11.2. The van der Waals surface area contributed by atoms with Crippen LogP contribution in [0.3, 0.4) is 0 Å². The van der Waals surface area contributed by atoms with Gasteiger partial charge >= 0.3 is 0 Å².